The fourth-order valence-electron chi connectivity index (χ4n) is 2.02. The summed E-state index contributed by atoms with van der Waals surface area (Å²) in [6, 6.07) is 0. The molecule has 0 heterocycles. The van der Waals surface area contributed by atoms with Gasteiger partial charge in [0.25, 0.3) is 0 Å². The molecule has 0 fully saturated rings. The maximum absolute atomic E-state index is 12.3. The summed E-state index contributed by atoms with van der Waals surface area (Å²) in [7, 11) is 0. The summed E-state index contributed by atoms with van der Waals surface area (Å²) in [6.07, 6.45) is 3.56. The van der Waals surface area contributed by atoms with Gasteiger partial charge in [0.1, 0.15) is 11.2 Å². The molecule has 0 rings (SSSR count). The van der Waals surface area contributed by atoms with Crippen LogP contribution in [0.2, 0.25) is 0 Å². The van der Waals surface area contributed by atoms with Crippen LogP contribution in [0.1, 0.15) is 74.1 Å². The summed E-state index contributed by atoms with van der Waals surface area (Å²) >= 11 is 0. The van der Waals surface area contributed by atoms with Gasteiger partial charge in [0, 0.05) is 6.92 Å². The predicted molar refractivity (Wildman–Crippen MR) is 79.3 cm³/mol. The molecular weight excluding hydrogens is 256 g/mol. The Morgan fingerprint density at radius 1 is 0.900 bits per heavy atom. The lowest BCUT2D eigenvalue weighted by atomic mass is 9.88. The Morgan fingerprint density at radius 2 is 1.30 bits per heavy atom. The third-order valence-electron chi connectivity index (χ3n) is 3.81. The van der Waals surface area contributed by atoms with E-state index in [0.29, 0.717) is 0 Å². The molecule has 0 aromatic rings. The van der Waals surface area contributed by atoms with E-state index >= 15 is 0 Å². The number of hydrogen-bond acceptors (Lipinski definition) is 4. The Morgan fingerprint density at radius 3 is 1.65 bits per heavy atom. The zero-order valence-corrected chi connectivity index (χ0v) is 14.0. The van der Waals surface area contributed by atoms with Crippen LogP contribution in [0.4, 0.5) is 0 Å². The molecule has 20 heavy (non-hydrogen) atoms. The van der Waals surface area contributed by atoms with Crippen molar-refractivity contribution in [3.8, 4) is 0 Å². The van der Waals surface area contributed by atoms with Gasteiger partial charge in [-0.15, -0.1) is 0 Å². The maximum atomic E-state index is 12.3. The molecule has 0 unspecified atom stereocenters. The zero-order chi connectivity index (χ0) is 16.0. The molecule has 0 aliphatic carbocycles. The lowest BCUT2D eigenvalue weighted by Gasteiger charge is -2.40. The number of ether oxygens (including phenoxy) is 2. The molecule has 0 aromatic heterocycles. The molecular formula is C16H30O4. The predicted octanol–water partition coefficient (Wildman–Crippen LogP) is 3.87. The van der Waals surface area contributed by atoms with E-state index in [1.165, 1.54) is 6.92 Å². The Kier molecular flexibility index (Phi) is 7.25. The van der Waals surface area contributed by atoms with Crippen LogP contribution < -0.4 is 0 Å². The van der Waals surface area contributed by atoms with Gasteiger partial charge in [-0.2, -0.15) is 0 Å². The van der Waals surface area contributed by atoms with E-state index in [2.05, 4.69) is 13.8 Å². The van der Waals surface area contributed by atoms with E-state index in [4.69, 9.17) is 9.47 Å². The van der Waals surface area contributed by atoms with Crippen molar-refractivity contribution in [1.29, 1.82) is 0 Å². The van der Waals surface area contributed by atoms with Crippen LogP contribution in [0.15, 0.2) is 0 Å². The molecule has 4 nitrogen and oxygen atoms in total. The van der Waals surface area contributed by atoms with Gasteiger partial charge in [-0.05, 0) is 40.5 Å². The fraction of sp³-hybridized carbons (Fsp3) is 0.875. The highest BCUT2D eigenvalue weighted by molar-refractivity contribution is 5.73. The largest absolute Gasteiger partial charge is 0.456 e. The van der Waals surface area contributed by atoms with Crippen molar-refractivity contribution in [3.63, 3.8) is 0 Å². The highest BCUT2D eigenvalue weighted by Gasteiger charge is 2.44. The monoisotopic (exact) mass is 286 g/mol. The van der Waals surface area contributed by atoms with Gasteiger partial charge in [0.15, 0.2) is 0 Å². The van der Waals surface area contributed by atoms with Crippen molar-refractivity contribution < 1.29 is 19.1 Å². The Balaban J connectivity index is 4.87. The zero-order valence-electron chi connectivity index (χ0n) is 14.0. The lowest BCUT2D eigenvalue weighted by Crippen LogP contribution is -2.51. The first-order valence-electron chi connectivity index (χ1n) is 7.49. The van der Waals surface area contributed by atoms with E-state index in [9.17, 15) is 9.59 Å². The lowest BCUT2D eigenvalue weighted by molar-refractivity contribution is -0.200. The summed E-state index contributed by atoms with van der Waals surface area (Å²) in [5.41, 5.74) is -1.73. The van der Waals surface area contributed by atoms with Crippen LogP contribution in [0, 0.1) is 5.92 Å². The van der Waals surface area contributed by atoms with Crippen molar-refractivity contribution >= 4 is 11.9 Å². The average molecular weight is 286 g/mol. The molecule has 0 aromatic carbocycles. The number of carbonyl (C=O) groups excluding carboxylic acids is 2. The molecule has 0 aliphatic heterocycles. The molecule has 0 amide bonds. The molecule has 0 spiro atoms. The highest BCUT2D eigenvalue weighted by atomic mass is 16.6. The molecule has 4 heteroatoms. The van der Waals surface area contributed by atoms with Crippen molar-refractivity contribution in [2.75, 3.05) is 0 Å². The van der Waals surface area contributed by atoms with Crippen molar-refractivity contribution in [3.05, 3.63) is 0 Å². The minimum Gasteiger partial charge on any atom is -0.456 e. The molecule has 118 valence electrons. The Labute approximate surface area is 123 Å². The number of hydrogen-bond donors (Lipinski definition) is 0. The van der Waals surface area contributed by atoms with Crippen molar-refractivity contribution in [2.24, 2.45) is 5.92 Å². The fourth-order valence-corrected chi connectivity index (χ4v) is 2.02. The first-order valence-corrected chi connectivity index (χ1v) is 7.49. The normalized spacial score (nSPS) is 12.4. The van der Waals surface area contributed by atoms with Crippen LogP contribution in [0.3, 0.4) is 0 Å². The summed E-state index contributed by atoms with van der Waals surface area (Å²) < 4.78 is 10.9. The molecule has 0 radical (unpaired) electrons. The van der Waals surface area contributed by atoms with Crippen molar-refractivity contribution in [1.82, 2.24) is 0 Å². The standard InChI is InChI=1S/C16H30O4/c1-8-10-13(11-9-2)14(18)20-16(6,7)15(4,5)19-12(3)17/h13H,8-11H2,1-7H3. The average Bonchev–Trinajstić information content (AvgIpc) is 2.26. The topological polar surface area (TPSA) is 52.6 Å². The third kappa shape index (κ3) is 5.51. The summed E-state index contributed by atoms with van der Waals surface area (Å²) in [6.45, 7) is 12.6. The molecule has 0 aliphatic rings. The smallest absolute Gasteiger partial charge is 0.309 e. The summed E-state index contributed by atoms with van der Waals surface area (Å²) in [4.78, 5) is 23.5. The van der Waals surface area contributed by atoms with Gasteiger partial charge >= 0.3 is 11.9 Å². The number of carbonyl (C=O) groups is 2. The second kappa shape index (κ2) is 7.65. The quantitative estimate of drug-likeness (QED) is 0.636. The van der Waals surface area contributed by atoms with E-state index in [1.54, 1.807) is 27.7 Å². The van der Waals surface area contributed by atoms with Crippen LogP contribution in [-0.2, 0) is 19.1 Å². The van der Waals surface area contributed by atoms with Gasteiger partial charge < -0.3 is 9.47 Å². The first-order chi connectivity index (χ1) is 9.07. The highest BCUT2D eigenvalue weighted by Crippen LogP contribution is 2.31. The summed E-state index contributed by atoms with van der Waals surface area (Å²) in [5.74, 6) is -0.644. The van der Waals surface area contributed by atoms with E-state index in [1.807, 2.05) is 0 Å². The molecule has 0 bridgehead atoms. The molecule has 0 saturated heterocycles. The van der Waals surface area contributed by atoms with E-state index in [0.717, 1.165) is 25.7 Å². The minimum atomic E-state index is -0.866. The second-order valence-electron chi connectivity index (χ2n) is 6.31. The Bertz CT molecular complexity index is 325. The van der Waals surface area contributed by atoms with Crippen LogP contribution in [0.5, 0.6) is 0 Å². The summed E-state index contributed by atoms with van der Waals surface area (Å²) in [5, 5.41) is 0. The van der Waals surface area contributed by atoms with Gasteiger partial charge in [-0.25, -0.2) is 0 Å². The van der Waals surface area contributed by atoms with Gasteiger partial charge in [0.05, 0.1) is 5.92 Å². The SMILES string of the molecule is CCCC(CCC)C(=O)OC(C)(C)C(C)(C)OC(C)=O. The molecule has 0 N–H and O–H groups in total. The number of rotatable bonds is 8. The maximum Gasteiger partial charge on any atom is 0.309 e. The van der Waals surface area contributed by atoms with Gasteiger partial charge in [0.2, 0.25) is 0 Å². The molecule has 0 saturated carbocycles. The van der Waals surface area contributed by atoms with Crippen molar-refractivity contribution in [2.45, 2.75) is 85.4 Å². The Hall–Kier alpha value is -1.06. The van der Waals surface area contributed by atoms with Gasteiger partial charge in [-0.3, -0.25) is 9.59 Å². The van der Waals surface area contributed by atoms with Crippen LogP contribution >= 0.6 is 0 Å². The van der Waals surface area contributed by atoms with Crippen LogP contribution in [-0.4, -0.2) is 23.1 Å². The molecule has 0 atom stereocenters. The van der Waals surface area contributed by atoms with E-state index < -0.39 is 11.2 Å². The third-order valence-corrected chi connectivity index (χ3v) is 3.81. The van der Waals surface area contributed by atoms with E-state index in [-0.39, 0.29) is 17.9 Å². The first kappa shape index (κ1) is 18.9. The minimum absolute atomic E-state index is 0.0718. The van der Waals surface area contributed by atoms with Gasteiger partial charge in [-0.1, -0.05) is 26.7 Å². The number of esters is 2. The second-order valence-corrected chi connectivity index (χ2v) is 6.31. The van der Waals surface area contributed by atoms with Crippen LogP contribution in [0.25, 0.3) is 0 Å².